The Hall–Kier alpha value is -0.550. The van der Waals surface area contributed by atoms with Gasteiger partial charge in [-0.2, -0.15) is 0 Å². The molecule has 0 aliphatic heterocycles. The summed E-state index contributed by atoms with van der Waals surface area (Å²) in [6.07, 6.45) is 0. The van der Waals surface area contributed by atoms with Crippen molar-refractivity contribution in [2.45, 2.75) is 6.61 Å². The quantitative estimate of drug-likeness (QED) is 0.783. The van der Waals surface area contributed by atoms with Crippen LogP contribution in [0.2, 0.25) is 5.02 Å². The Kier molecular flexibility index (Phi) is 4.67. The van der Waals surface area contributed by atoms with Crippen LogP contribution in [0.1, 0.15) is 5.56 Å². The van der Waals surface area contributed by atoms with Crippen LogP contribution in [-0.4, -0.2) is 5.11 Å². The number of hydrogen-bond acceptors (Lipinski definition) is 2. The van der Waals surface area contributed by atoms with Crippen LogP contribution < -0.4 is 4.74 Å². The van der Waals surface area contributed by atoms with Crippen LogP contribution in [0.25, 0.3) is 0 Å². The molecule has 0 saturated heterocycles. The standard InChI is InChI=1S/C13H9Br2ClO2/c14-9-2-4-12(8(5-9)7-17)18-13-6-10(15)1-3-11(13)16/h1-6,17H,7H2. The van der Waals surface area contributed by atoms with Gasteiger partial charge in [-0.05, 0) is 36.4 Å². The Morgan fingerprint density at radius 3 is 2.39 bits per heavy atom. The lowest BCUT2D eigenvalue weighted by atomic mass is 10.2. The highest BCUT2D eigenvalue weighted by atomic mass is 79.9. The first-order valence-corrected chi connectivity index (χ1v) is 7.09. The number of aliphatic hydroxyl groups is 1. The van der Waals surface area contributed by atoms with E-state index < -0.39 is 0 Å². The molecular formula is C13H9Br2ClO2. The van der Waals surface area contributed by atoms with Crippen molar-refractivity contribution in [2.75, 3.05) is 0 Å². The van der Waals surface area contributed by atoms with Crippen LogP contribution in [-0.2, 0) is 6.61 Å². The maximum Gasteiger partial charge on any atom is 0.147 e. The molecular weight excluding hydrogens is 383 g/mol. The van der Waals surface area contributed by atoms with Gasteiger partial charge in [0, 0.05) is 14.5 Å². The Labute approximate surface area is 127 Å². The third kappa shape index (κ3) is 3.26. The van der Waals surface area contributed by atoms with E-state index in [1.54, 1.807) is 24.3 Å². The SMILES string of the molecule is OCc1cc(Br)ccc1Oc1cc(Br)ccc1Cl. The molecule has 0 bridgehead atoms. The maximum absolute atomic E-state index is 9.30. The number of halogens is 3. The Balaban J connectivity index is 2.36. The molecule has 0 spiro atoms. The normalized spacial score (nSPS) is 10.4. The van der Waals surface area contributed by atoms with Gasteiger partial charge in [0.05, 0.1) is 11.6 Å². The van der Waals surface area contributed by atoms with E-state index in [1.165, 1.54) is 0 Å². The molecule has 2 nitrogen and oxygen atoms in total. The summed E-state index contributed by atoms with van der Waals surface area (Å²) < 4.78 is 7.49. The van der Waals surface area contributed by atoms with Crippen molar-refractivity contribution in [3.8, 4) is 11.5 Å². The lowest BCUT2D eigenvalue weighted by Gasteiger charge is -2.11. The van der Waals surface area contributed by atoms with Gasteiger partial charge in [-0.15, -0.1) is 0 Å². The zero-order valence-corrected chi connectivity index (χ0v) is 13.1. The molecule has 0 radical (unpaired) electrons. The zero-order valence-electron chi connectivity index (χ0n) is 9.16. The monoisotopic (exact) mass is 390 g/mol. The van der Waals surface area contributed by atoms with E-state index in [9.17, 15) is 5.11 Å². The fourth-order valence-electron chi connectivity index (χ4n) is 1.45. The molecule has 0 heterocycles. The fraction of sp³-hybridized carbons (Fsp3) is 0.0769. The summed E-state index contributed by atoms with van der Waals surface area (Å²) in [5.74, 6) is 1.13. The fourth-order valence-corrected chi connectivity index (χ4v) is 2.35. The summed E-state index contributed by atoms with van der Waals surface area (Å²) >= 11 is 12.8. The Bertz CT molecular complexity index is 573. The summed E-state index contributed by atoms with van der Waals surface area (Å²) in [5, 5.41) is 9.82. The van der Waals surface area contributed by atoms with E-state index in [1.807, 2.05) is 12.1 Å². The summed E-state index contributed by atoms with van der Waals surface area (Å²) in [4.78, 5) is 0. The highest BCUT2D eigenvalue weighted by Crippen LogP contribution is 2.34. The lowest BCUT2D eigenvalue weighted by Crippen LogP contribution is -1.92. The van der Waals surface area contributed by atoms with Gasteiger partial charge in [-0.25, -0.2) is 0 Å². The van der Waals surface area contributed by atoms with Gasteiger partial charge in [0.1, 0.15) is 11.5 Å². The first kappa shape index (κ1) is 13.9. The van der Waals surface area contributed by atoms with E-state index in [-0.39, 0.29) is 6.61 Å². The third-order valence-corrected chi connectivity index (χ3v) is 3.60. The van der Waals surface area contributed by atoms with Gasteiger partial charge in [0.25, 0.3) is 0 Å². The average Bonchev–Trinajstić information content (AvgIpc) is 2.36. The second-order valence-corrected chi connectivity index (χ2v) is 5.83. The number of hydrogen-bond donors (Lipinski definition) is 1. The summed E-state index contributed by atoms with van der Waals surface area (Å²) in [7, 11) is 0. The molecule has 0 saturated carbocycles. The first-order chi connectivity index (χ1) is 8.60. The molecule has 94 valence electrons. The molecule has 2 aromatic rings. The molecule has 0 unspecified atom stereocenters. The van der Waals surface area contributed by atoms with E-state index >= 15 is 0 Å². The molecule has 1 N–H and O–H groups in total. The third-order valence-electron chi connectivity index (χ3n) is 2.31. The predicted molar refractivity (Wildman–Crippen MR) is 79.3 cm³/mol. The van der Waals surface area contributed by atoms with E-state index in [4.69, 9.17) is 16.3 Å². The smallest absolute Gasteiger partial charge is 0.147 e. The summed E-state index contributed by atoms with van der Waals surface area (Å²) in [5.41, 5.74) is 0.695. The van der Waals surface area contributed by atoms with Gasteiger partial charge < -0.3 is 9.84 Å². The van der Waals surface area contributed by atoms with Crippen LogP contribution in [0.15, 0.2) is 45.3 Å². The van der Waals surface area contributed by atoms with Gasteiger partial charge >= 0.3 is 0 Å². The molecule has 0 aliphatic carbocycles. The molecule has 0 fully saturated rings. The maximum atomic E-state index is 9.30. The van der Waals surface area contributed by atoms with Crippen LogP contribution in [0.4, 0.5) is 0 Å². The minimum atomic E-state index is -0.0968. The minimum absolute atomic E-state index is 0.0968. The second-order valence-electron chi connectivity index (χ2n) is 3.59. The molecule has 0 aromatic heterocycles. The minimum Gasteiger partial charge on any atom is -0.455 e. The average molecular weight is 392 g/mol. The van der Waals surface area contributed by atoms with Crippen molar-refractivity contribution in [3.05, 3.63) is 55.9 Å². The highest BCUT2D eigenvalue weighted by molar-refractivity contribution is 9.10. The molecule has 0 aliphatic rings. The van der Waals surface area contributed by atoms with Crippen molar-refractivity contribution < 1.29 is 9.84 Å². The number of benzene rings is 2. The number of ether oxygens (including phenoxy) is 1. The van der Waals surface area contributed by atoms with Crippen LogP contribution in [0.5, 0.6) is 11.5 Å². The van der Waals surface area contributed by atoms with E-state index in [0.29, 0.717) is 22.1 Å². The van der Waals surface area contributed by atoms with Crippen LogP contribution in [0, 0.1) is 0 Å². The Morgan fingerprint density at radius 1 is 1.00 bits per heavy atom. The Morgan fingerprint density at radius 2 is 1.67 bits per heavy atom. The van der Waals surface area contributed by atoms with Crippen LogP contribution in [0.3, 0.4) is 0 Å². The number of aliphatic hydroxyl groups excluding tert-OH is 1. The van der Waals surface area contributed by atoms with Crippen molar-refractivity contribution in [1.82, 2.24) is 0 Å². The van der Waals surface area contributed by atoms with E-state index in [0.717, 1.165) is 8.95 Å². The van der Waals surface area contributed by atoms with Gasteiger partial charge in [-0.1, -0.05) is 43.5 Å². The van der Waals surface area contributed by atoms with Crippen LogP contribution >= 0.6 is 43.5 Å². The lowest BCUT2D eigenvalue weighted by molar-refractivity contribution is 0.276. The molecule has 5 heteroatoms. The van der Waals surface area contributed by atoms with Crippen molar-refractivity contribution in [3.63, 3.8) is 0 Å². The summed E-state index contributed by atoms with van der Waals surface area (Å²) in [6, 6.07) is 10.8. The van der Waals surface area contributed by atoms with Crippen molar-refractivity contribution >= 4 is 43.5 Å². The molecule has 2 rings (SSSR count). The first-order valence-electron chi connectivity index (χ1n) is 5.12. The molecule has 0 amide bonds. The van der Waals surface area contributed by atoms with Gasteiger partial charge in [0.15, 0.2) is 0 Å². The van der Waals surface area contributed by atoms with E-state index in [2.05, 4.69) is 31.9 Å². The topological polar surface area (TPSA) is 29.5 Å². The van der Waals surface area contributed by atoms with Gasteiger partial charge in [-0.3, -0.25) is 0 Å². The second kappa shape index (κ2) is 6.06. The summed E-state index contributed by atoms with van der Waals surface area (Å²) in [6.45, 7) is -0.0968. The largest absolute Gasteiger partial charge is 0.455 e. The zero-order chi connectivity index (χ0) is 13.1. The van der Waals surface area contributed by atoms with Gasteiger partial charge in [0.2, 0.25) is 0 Å². The van der Waals surface area contributed by atoms with Crippen molar-refractivity contribution in [2.24, 2.45) is 0 Å². The predicted octanol–water partition coefficient (Wildman–Crippen LogP) is 5.15. The molecule has 0 atom stereocenters. The molecule has 18 heavy (non-hydrogen) atoms. The van der Waals surface area contributed by atoms with Crippen molar-refractivity contribution in [1.29, 1.82) is 0 Å². The molecule has 2 aromatic carbocycles. The number of rotatable bonds is 3. The highest BCUT2D eigenvalue weighted by Gasteiger charge is 2.08.